The van der Waals surface area contributed by atoms with Gasteiger partial charge in [-0.15, -0.1) is 0 Å². The summed E-state index contributed by atoms with van der Waals surface area (Å²) in [6.45, 7) is 4.42. The van der Waals surface area contributed by atoms with E-state index < -0.39 is 0 Å². The number of halogens is 1. The molecule has 0 aliphatic carbocycles. The Kier molecular flexibility index (Phi) is 5.69. The maximum absolute atomic E-state index is 13.1. The highest BCUT2D eigenvalue weighted by Gasteiger charge is 2.38. The molecule has 7 heteroatoms. The second-order valence-corrected chi connectivity index (χ2v) is 7.80. The van der Waals surface area contributed by atoms with Gasteiger partial charge in [0.1, 0.15) is 6.04 Å². The summed E-state index contributed by atoms with van der Waals surface area (Å²) in [6, 6.07) is 10.9. The summed E-state index contributed by atoms with van der Waals surface area (Å²) in [4.78, 5) is 31.6. The predicted molar refractivity (Wildman–Crippen MR) is 106 cm³/mol. The van der Waals surface area contributed by atoms with Crippen LogP contribution in [0.4, 0.5) is 0 Å². The zero-order valence-electron chi connectivity index (χ0n) is 15.7. The van der Waals surface area contributed by atoms with E-state index in [0.29, 0.717) is 31.8 Å². The van der Waals surface area contributed by atoms with E-state index in [1.54, 1.807) is 17.0 Å². The average Bonchev–Trinajstić information content (AvgIpc) is 3.40. The largest absolute Gasteiger partial charge is 0.459 e. The molecule has 1 atom stereocenters. The molecule has 28 heavy (non-hydrogen) atoms. The maximum atomic E-state index is 13.1. The first kappa shape index (κ1) is 19.0. The first-order valence-electron chi connectivity index (χ1n) is 9.72. The van der Waals surface area contributed by atoms with Gasteiger partial charge in [-0.25, -0.2) is 0 Å². The van der Waals surface area contributed by atoms with Crippen molar-refractivity contribution >= 4 is 23.4 Å². The van der Waals surface area contributed by atoms with Crippen LogP contribution in [0.5, 0.6) is 0 Å². The Balaban J connectivity index is 1.34. The van der Waals surface area contributed by atoms with E-state index >= 15 is 0 Å². The number of piperazine rings is 1. The Labute approximate surface area is 169 Å². The molecular weight excluding hydrogens is 378 g/mol. The number of benzene rings is 1. The lowest BCUT2D eigenvalue weighted by Gasteiger charge is -2.37. The van der Waals surface area contributed by atoms with Crippen molar-refractivity contribution < 1.29 is 14.0 Å². The number of rotatable bonds is 4. The van der Waals surface area contributed by atoms with Crippen molar-refractivity contribution in [2.24, 2.45) is 0 Å². The Morgan fingerprint density at radius 1 is 1.07 bits per heavy atom. The van der Waals surface area contributed by atoms with Gasteiger partial charge in [0.25, 0.3) is 5.91 Å². The molecule has 148 valence electrons. The molecule has 2 aromatic rings. The number of nitrogens with zero attached hydrogens (tertiary/aromatic N) is 3. The fourth-order valence-electron chi connectivity index (χ4n) is 4.04. The molecule has 2 amide bonds. The fourth-order valence-corrected chi connectivity index (χ4v) is 4.25. The SMILES string of the molecule is O=C(C1CCCN1C(=O)c1ccco1)N1CCN(Cc2cccc(Cl)c2)CC1. The minimum Gasteiger partial charge on any atom is -0.459 e. The van der Waals surface area contributed by atoms with Crippen molar-refractivity contribution in [3.8, 4) is 0 Å². The van der Waals surface area contributed by atoms with Crippen LogP contribution >= 0.6 is 11.6 Å². The van der Waals surface area contributed by atoms with E-state index in [4.69, 9.17) is 16.0 Å². The number of furan rings is 1. The normalized spacial score (nSPS) is 20.5. The lowest BCUT2D eigenvalue weighted by Crippen LogP contribution is -2.54. The van der Waals surface area contributed by atoms with E-state index in [0.717, 1.165) is 31.1 Å². The first-order chi connectivity index (χ1) is 13.6. The monoisotopic (exact) mass is 401 g/mol. The Bertz CT molecular complexity index is 831. The molecule has 0 saturated carbocycles. The van der Waals surface area contributed by atoms with Crippen molar-refractivity contribution in [1.29, 1.82) is 0 Å². The van der Waals surface area contributed by atoms with Crippen molar-refractivity contribution in [1.82, 2.24) is 14.7 Å². The lowest BCUT2D eigenvalue weighted by atomic mass is 10.1. The van der Waals surface area contributed by atoms with Gasteiger partial charge in [0, 0.05) is 44.3 Å². The van der Waals surface area contributed by atoms with Crippen LogP contribution in [-0.2, 0) is 11.3 Å². The van der Waals surface area contributed by atoms with Gasteiger partial charge in [0.05, 0.1) is 6.26 Å². The second kappa shape index (κ2) is 8.37. The van der Waals surface area contributed by atoms with Crippen molar-refractivity contribution in [2.75, 3.05) is 32.7 Å². The molecule has 0 bridgehead atoms. The van der Waals surface area contributed by atoms with Crippen molar-refractivity contribution in [3.05, 3.63) is 59.0 Å². The second-order valence-electron chi connectivity index (χ2n) is 7.37. The number of hydrogen-bond acceptors (Lipinski definition) is 4. The van der Waals surface area contributed by atoms with Gasteiger partial charge >= 0.3 is 0 Å². The van der Waals surface area contributed by atoms with Gasteiger partial charge in [-0.3, -0.25) is 14.5 Å². The quantitative estimate of drug-likeness (QED) is 0.790. The van der Waals surface area contributed by atoms with Crippen LogP contribution in [0.3, 0.4) is 0 Å². The average molecular weight is 402 g/mol. The van der Waals surface area contributed by atoms with Crippen LogP contribution in [0.2, 0.25) is 5.02 Å². The maximum Gasteiger partial charge on any atom is 0.290 e. The third kappa shape index (κ3) is 4.08. The van der Waals surface area contributed by atoms with E-state index in [1.807, 2.05) is 23.1 Å². The van der Waals surface area contributed by atoms with Crippen LogP contribution in [0.25, 0.3) is 0 Å². The van der Waals surface area contributed by atoms with E-state index in [1.165, 1.54) is 11.8 Å². The Morgan fingerprint density at radius 2 is 1.89 bits per heavy atom. The van der Waals surface area contributed by atoms with Crippen LogP contribution in [0, 0.1) is 0 Å². The summed E-state index contributed by atoms with van der Waals surface area (Å²) < 4.78 is 5.23. The van der Waals surface area contributed by atoms with Crippen LogP contribution in [0.1, 0.15) is 29.0 Å². The van der Waals surface area contributed by atoms with Crippen LogP contribution < -0.4 is 0 Å². The molecule has 3 heterocycles. The zero-order chi connectivity index (χ0) is 19.5. The molecule has 4 rings (SSSR count). The number of likely N-dealkylation sites (tertiary alicyclic amines) is 1. The smallest absolute Gasteiger partial charge is 0.290 e. The number of amides is 2. The molecule has 6 nitrogen and oxygen atoms in total. The topological polar surface area (TPSA) is 57.0 Å². The molecule has 2 aliphatic rings. The standard InChI is InChI=1S/C21H24ClN3O3/c22-17-5-1-4-16(14-17)15-23-9-11-24(12-10-23)20(26)18-6-2-8-25(18)21(27)19-7-3-13-28-19/h1,3-5,7,13-14,18H,2,6,8-12,15H2. The molecule has 0 N–H and O–H groups in total. The van der Waals surface area contributed by atoms with E-state index in [2.05, 4.69) is 11.0 Å². The van der Waals surface area contributed by atoms with Gasteiger partial charge in [0.15, 0.2) is 5.76 Å². The van der Waals surface area contributed by atoms with Crippen molar-refractivity contribution in [3.63, 3.8) is 0 Å². The summed E-state index contributed by atoms with van der Waals surface area (Å²) in [6.07, 6.45) is 3.05. The first-order valence-corrected chi connectivity index (χ1v) is 10.1. The summed E-state index contributed by atoms with van der Waals surface area (Å²) >= 11 is 6.07. The van der Waals surface area contributed by atoms with Gasteiger partial charge in [0.2, 0.25) is 5.91 Å². The molecule has 2 fully saturated rings. The highest BCUT2D eigenvalue weighted by Crippen LogP contribution is 2.23. The lowest BCUT2D eigenvalue weighted by molar-refractivity contribution is -0.137. The molecule has 2 aliphatic heterocycles. The number of hydrogen-bond donors (Lipinski definition) is 0. The molecule has 0 radical (unpaired) electrons. The predicted octanol–water partition coefficient (Wildman–Crippen LogP) is 2.88. The van der Waals surface area contributed by atoms with E-state index in [9.17, 15) is 9.59 Å². The minimum atomic E-state index is -0.378. The summed E-state index contributed by atoms with van der Waals surface area (Å²) in [5.41, 5.74) is 1.18. The third-order valence-corrected chi connectivity index (χ3v) is 5.74. The molecule has 1 aromatic carbocycles. The minimum absolute atomic E-state index is 0.0554. The Morgan fingerprint density at radius 3 is 2.61 bits per heavy atom. The fraction of sp³-hybridized carbons (Fsp3) is 0.429. The molecule has 2 saturated heterocycles. The van der Waals surface area contributed by atoms with Crippen LogP contribution in [-0.4, -0.2) is 65.3 Å². The summed E-state index contributed by atoms with van der Waals surface area (Å²) in [5, 5.41) is 0.744. The molecule has 1 aromatic heterocycles. The third-order valence-electron chi connectivity index (χ3n) is 5.51. The summed E-state index contributed by atoms with van der Waals surface area (Å²) in [7, 11) is 0. The van der Waals surface area contributed by atoms with E-state index in [-0.39, 0.29) is 17.9 Å². The van der Waals surface area contributed by atoms with Gasteiger partial charge in [-0.05, 0) is 42.7 Å². The Hall–Kier alpha value is -2.31. The summed E-state index contributed by atoms with van der Waals surface area (Å²) in [5.74, 6) is 0.159. The van der Waals surface area contributed by atoms with Crippen molar-refractivity contribution in [2.45, 2.75) is 25.4 Å². The molecule has 1 unspecified atom stereocenters. The highest BCUT2D eigenvalue weighted by atomic mass is 35.5. The van der Waals surface area contributed by atoms with Crippen LogP contribution in [0.15, 0.2) is 47.1 Å². The van der Waals surface area contributed by atoms with Gasteiger partial charge < -0.3 is 14.2 Å². The number of carbonyl (C=O) groups is 2. The highest BCUT2D eigenvalue weighted by molar-refractivity contribution is 6.30. The zero-order valence-corrected chi connectivity index (χ0v) is 16.5. The number of carbonyl (C=O) groups excluding carboxylic acids is 2. The molecular formula is C21H24ClN3O3. The molecule has 0 spiro atoms. The van der Waals surface area contributed by atoms with Gasteiger partial charge in [-0.1, -0.05) is 23.7 Å². The van der Waals surface area contributed by atoms with Gasteiger partial charge in [-0.2, -0.15) is 0 Å².